The van der Waals surface area contributed by atoms with Gasteiger partial charge in [-0.15, -0.1) is 9.89 Å². The molecule has 0 aliphatic carbocycles. The van der Waals surface area contributed by atoms with Gasteiger partial charge in [0.15, 0.2) is 21.6 Å². The van der Waals surface area contributed by atoms with Gasteiger partial charge in [0.05, 0.1) is 6.33 Å². The molecule has 0 atom stereocenters. The maximum atomic E-state index is 5.73. The van der Waals surface area contributed by atoms with Crippen molar-refractivity contribution in [2.45, 2.75) is 0 Å². The summed E-state index contributed by atoms with van der Waals surface area (Å²) in [7, 11) is 0. The van der Waals surface area contributed by atoms with Crippen molar-refractivity contribution in [1.29, 1.82) is 0 Å². The van der Waals surface area contributed by atoms with Gasteiger partial charge in [0, 0.05) is 0 Å². The number of fused-ring (bicyclic) bond motifs is 2. The molecule has 0 bridgehead atoms. The van der Waals surface area contributed by atoms with Gasteiger partial charge in [-0.1, -0.05) is 12.2 Å². The summed E-state index contributed by atoms with van der Waals surface area (Å²) in [6.07, 6.45) is 4.39. The lowest BCUT2D eigenvalue weighted by Gasteiger charge is -2.02. The molecule has 10 nitrogen and oxygen atoms in total. The van der Waals surface area contributed by atoms with Gasteiger partial charge < -0.3 is 10.7 Å². The lowest BCUT2D eigenvalue weighted by atomic mass is 10.5. The van der Waals surface area contributed by atoms with Gasteiger partial charge in [-0.05, 0) is 5.21 Å². The maximum absolute atomic E-state index is 5.73. The molecular weight excluding hydrogens is 280 g/mol. The molecule has 20 heavy (non-hydrogen) atoms. The molecule has 98 valence electrons. The number of nitrogens with two attached hydrogens (primary N) is 1. The topological polar surface area (TPSA) is 129 Å². The first-order valence-electron chi connectivity index (χ1n) is 5.49. The van der Waals surface area contributed by atoms with Gasteiger partial charge in [-0.2, -0.15) is 0 Å². The molecule has 11 heteroatoms. The maximum Gasteiger partial charge on any atom is 0.207 e. The van der Waals surface area contributed by atoms with E-state index in [9.17, 15) is 0 Å². The lowest BCUT2D eigenvalue weighted by Crippen LogP contribution is -2.11. The van der Waals surface area contributed by atoms with Crippen molar-refractivity contribution in [3.05, 3.63) is 23.6 Å². The molecule has 0 spiro atoms. The summed E-state index contributed by atoms with van der Waals surface area (Å²) in [6.45, 7) is 0. The number of nitrogens with zero attached hydrogens (tertiary/aromatic N) is 8. The van der Waals surface area contributed by atoms with E-state index in [2.05, 4.69) is 35.2 Å². The van der Waals surface area contributed by atoms with Crippen LogP contribution >= 0.6 is 12.2 Å². The third kappa shape index (κ3) is 1.34. The van der Waals surface area contributed by atoms with Crippen molar-refractivity contribution in [2.24, 2.45) is 0 Å². The standard InChI is InChI=1S/C9H6N10S/c10-6-4-8(13-1-11-6)19(17-16-4)18-3-15-5-7(18)12-2-14-9(5)20/h1-3H,(H2,10,11,13)(H,12,14,20). The molecule has 0 aromatic carbocycles. The number of imidazole rings is 1. The average Bonchev–Trinajstić information content (AvgIpc) is 3.03. The summed E-state index contributed by atoms with van der Waals surface area (Å²) in [4.78, 5) is 20.6. The number of aromatic amines is 1. The Morgan fingerprint density at radius 1 is 1.15 bits per heavy atom. The first-order valence-corrected chi connectivity index (χ1v) is 5.90. The molecule has 4 rings (SSSR count). The van der Waals surface area contributed by atoms with Crippen molar-refractivity contribution in [3.63, 3.8) is 0 Å². The van der Waals surface area contributed by atoms with E-state index in [1.807, 2.05) is 0 Å². The SMILES string of the molecule is Nc1ncnc2c1nnn2-n1cnc2c(=S)nc[nH]c21. The van der Waals surface area contributed by atoms with Crippen LogP contribution in [-0.2, 0) is 0 Å². The fourth-order valence-electron chi connectivity index (χ4n) is 1.89. The van der Waals surface area contributed by atoms with Gasteiger partial charge in [-0.25, -0.2) is 24.6 Å². The van der Waals surface area contributed by atoms with E-state index in [1.54, 1.807) is 11.0 Å². The smallest absolute Gasteiger partial charge is 0.207 e. The van der Waals surface area contributed by atoms with Crippen LogP contribution in [0.5, 0.6) is 0 Å². The van der Waals surface area contributed by atoms with Crippen molar-refractivity contribution in [2.75, 3.05) is 5.73 Å². The molecule has 4 heterocycles. The van der Waals surface area contributed by atoms with Gasteiger partial charge in [0.1, 0.15) is 18.2 Å². The van der Waals surface area contributed by atoms with E-state index in [4.69, 9.17) is 18.0 Å². The fourth-order valence-corrected chi connectivity index (χ4v) is 2.09. The van der Waals surface area contributed by atoms with Crippen LogP contribution in [0.25, 0.3) is 22.3 Å². The minimum absolute atomic E-state index is 0.264. The summed E-state index contributed by atoms with van der Waals surface area (Å²) in [6, 6.07) is 0. The zero-order valence-electron chi connectivity index (χ0n) is 9.80. The minimum atomic E-state index is 0.264. The van der Waals surface area contributed by atoms with Crippen LogP contribution in [0.3, 0.4) is 0 Å². The molecule has 0 aliphatic heterocycles. The highest BCUT2D eigenvalue weighted by Gasteiger charge is 2.13. The quantitative estimate of drug-likeness (QED) is 0.465. The monoisotopic (exact) mass is 286 g/mol. The molecular formula is C9H6N10S. The van der Waals surface area contributed by atoms with E-state index in [0.717, 1.165) is 0 Å². The van der Waals surface area contributed by atoms with Gasteiger partial charge in [0.2, 0.25) is 5.65 Å². The summed E-state index contributed by atoms with van der Waals surface area (Å²) in [5.41, 5.74) is 7.81. The third-order valence-electron chi connectivity index (χ3n) is 2.79. The zero-order chi connectivity index (χ0) is 13.7. The second-order valence-corrected chi connectivity index (χ2v) is 4.29. The largest absolute Gasteiger partial charge is 0.382 e. The number of rotatable bonds is 1. The first-order chi connectivity index (χ1) is 9.75. The molecule has 3 N–H and O–H groups in total. The Balaban J connectivity index is 2.10. The van der Waals surface area contributed by atoms with Crippen molar-refractivity contribution < 1.29 is 0 Å². The van der Waals surface area contributed by atoms with Crippen LogP contribution in [-0.4, -0.2) is 44.7 Å². The Bertz CT molecular complexity index is 995. The number of H-pyrrole nitrogens is 1. The van der Waals surface area contributed by atoms with E-state index in [1.165, 1.54) is 17.4 Å². The Labute approximate surface area is 115 Å². The molecule has 4 aromatic rings. The van der Waals surface area contributed by atoms with Crippen molar-refractivity contribution in [1.82, 2.24) is 44.7 Å². The number of nitrogen functional groups attached to an aromatic ring is 1. The Morgan fingerprint density at radius 2 is 2.05 bits per heavy atom. The second kappa shape index (κ2) is 3.77. The zero-order valence-corrected chi connectivity index (χ0v) is 10.6. The summed E-state index contributed by atoms with van der Waals surface area (Å²) in [5.74, 6) is 0.264. The molecule has 0 radical (unpaired) electrons. The molecule has 0 saturated carbocycles. The fraction of sp³-hybridized carbons (Fsp3) is 0. The Kier molecular flexibility index (Phi) is 2.06. The normalized spacial score (nSPS) is 11.4. The van der Waals surface area contributed by atoms with Crippen LogP contribution in [0.1, 0.15) is 0 Å². The summed E-state index contributed by atoms with van der Waals surface area (Å²) >= 11 is 5.12. The Hall–Kier alpha value is -2.95. The number of aromatic nitrogens is 9. The van der Waals surface area contributed by atoms with Crippen molar-refractivity contribution in [3.8, 4) is 0 Å². The second-order valence-electron chi connectivity index (χ2n) is 3.90. The highest BCUT2D eigenvalue weighted by atomic mass is 32.1. The highest BCUT2D eigenvalue weighted by molar-refractivity contribution is 7.71. The molecule has 0 saturated heterocycles. The van der Waals surface area contributed by atoms with E-state index in [0.29, 0.717) is 27.0 Å². The molecule has 0 fully saturated rings. The minimum Gasteiger partial charge on any atom is -0.382 e. The predicted octanol–water partition coefficient (Wildman–Crippen LogP) is -0.0828. The van der Waals surface area contributed by atoms with Gasteiger partial charge in [0.25, 0.3) is 0 Å². The summed E-state index contributed by atoms with van der Waals surface area (Å²) < 4.78 is 2.02. The number of nitrogens with one attached hydrogen (secondary N) is 1. The summed E-state index contributed by atoms with van der Waals surface area (Å²) in [5, 5.41) is 7.97. The number of hydrogen-bond acceptors (Lipinski definition) is 8. The van der Waals surface area contributed by atoms with E-state index in [-0.39, 0.29) is 5.82 Å². The van der Waals surface area contributed by atoms with Crippen LogP contribution < -0.4 is 5.73 Å². The molecule has 0 aliphatic rings. The van der Waals surface area contributed by atoms with Crippen LogP contribution in [0, 0.1) is 4.64 Å². The lowest BCUT2D eigenvalue weighted by molar-refractivity contribution is 0.575. The van der Waals surface area contributed by atoms with Gasteiger partial charge in [-0.3, -0.25) is 0 Å². The predicted molar refractivity (Wildman–Crippen MR) is 71.0 cm³/mol. The van der Waals surface area contributed by atoms with Crippen LogP contribution in [0.4, 0.5) is 5.82 Å². The Morgan fingerprint density at radius 3 is 2.95 bits per heavy atom. The molecule has 0 amide bonds. The number of hydrogen-bond donors (Lipinski definition) is 2. The average molecular weight is 286 g/mol. The third-order valence-corrected chi connectivity index (χ3v) is 3.09. The molecule has 4 aromatic heterocycles. The van der Waals surface area contributed by atoms with E-state index < -0.39 is 0 Å². The first kappa shape index (κ1) is 10.9. The van der Waals surface area contributed by atoms with Crippen molar-refractivity contribution >= 4 is 40.4 Å². The highest BCUT2D eigenvalue weighted by Crippen LogP contribution is 2.15. The van der Waals surface area contributed by atoms with Gasteiger partial charge >= 0.3 is 0 Å². The van der Waals surface area contributed by atoms with Crippen LogP contribution in [0.15, 0.2) is 19.0 Å². The van der Waals surface area contributed by atoms with E-state index >= 15 is 0 Å². The molecule has 0 unspecified atom stereocenters. The van der Waals surface area contributed by atoms with Crippen LogP contribution in [0.2, 0.25) is 0 Å². The number of anilines is 1.